The van der Waals surface area contributed by atoms with E-state index in [4.69, 9.17) is 5.73 Å². The quantitative estimate of drug-likeness (QED) is 0.130. The summed E-state index contributed by atoms with van der Waals surface area (Å²) < 4.78 is 0. The molecule has 0 amide bonds. The van der Waals surface area contributed by atoms with Crippen molar-refractivity contribution >= 4 is 41.8 Å². The van der Waals surface area contributed by atoms with Crippen LogP contribution in [0.5, 0.6) is 0 Å². The molecule has 0 spiro atoms. The maximum atomic E-state index is 11.5. The lowest BCUT2D eigenvalue weighted by Crippen LogP contribution is -2.71. The number of nitrogens with two attached hydrogens (primary N) is 1. The Balaban J connectivity index is 2.78. The molecule has 0 aliphatic carbocycles. The Hall–Kier alpha value is -1.19. The average molecular weight is 334 g/mol. The first-order chi connectivity index (χ1) is 9.88. The molecule has 0 aromatic carbocycles. The minimum atomic E-state index is -1.07. The van der Waals surface area contributed by atoms with Gasteiger partial charge in [0.2, 0.25) is 6.34 Å². The van der Waals surface area contributed by atoms with Crippen LogP contribution in [0.3, 0.4) is 0 Å². The fraction of sp³-hybridized carbons (Fsp3) is 0.583. The topological polar surface area (TPSA) is 127 Å². The highest BCUT2D eigenvalue weighted by Gasteiger charge is 2.37. The van der Waals surface area contributed by atoms with Crippen LogP contribution in [0.1, 0.15) is 13.3 Å². The van der Waals surface area contributed by atoms with Gasteiger partial charge >= 0.3 is 5.97 Å². The Kier molecular flexibility index (Phi) is 7.06. The van der Waals surface area contributed by atoms with Gasteiger partial charge in [0, 0.05) is 23.1 Å². The van der Waals surface area contributed by atoms with Gasteiger partial charge in [-0.1, -0.05) is 0 Å². The second kappa shape index (κ2) is 8.30. The average Bonchev–Trinajstić information content (AvgIpc) is 2.77. The molecule has 0 fully saturated rings. The third kappa shape index (κ3) is 4.94. The number of aliphatic hydroxyl groups is 1. The van der Waals surface area contributed by atoms with Crippen molar-refractivity contribution in [3.05, 3.63) is 10.6 Å². The van der Waals surface area contributed by atoms with Crippen molar-refractivity contribution in [2.24, 2.45) is 11.7 Å². The SMILES string of the molecule is C[C@@H](O)[C@@H](C(=O)S)[C@@H]1CC(SCC[NH+]=CN)=C(C(=O)O)N1. The van der Waals surface area contributed by atoms with Gasteiger partial charge in [0.05, 0.1) is 18.6 Å². The van der Waals surface area contributed by atoms with Crippen LogP contribution in [0.4, 0.5) is 0 Å². The summed E-state index contributed by atoms with van der Waals surface area (Å²) in [6, 6.07) is -0.461. The van der Waals surface area contributed by atoms with Gasteiger partial charge in [-0.2, -0.15) is 0 Å². The highest BCUT2D eigenvalue weighted by molar-refractivity contribution is 8.03. The second-order valence-electron chi connectivity index (χ2n) is 4.63. The zero-order chi connectivity index (χ0) is 16.0. The van der Waals surface area contributed by atoms with Crippen LogP contribution in [0.15, 0.2) is 10.6 Å². The summed E-state index contributed by atoms with van der Waals surface area (Å²) in [5.41, 5.74) is 5.27. The molecular weight excluding hydrogens is 314 g/mol. The number of nitrogens with one attached hydrogen (secondary N) is 2. The number of aliphatic carboxylic acids is 1. The fourth-order valence-electron chi connectivity index (χ4n) is 2.18. The van der Waals surface area contributed by atoms with E-state index in [9.17, 15) is 19.8 Å². The zero-order valence-corrected chi connectivity index (χ0v) is 13.3. The smallest absolute Gasteiger partial charge is 0.352 e. The van der Waals surface area contributed by atoms with Crippen molar-refractivity contribution < 1.29 is 24.8 Å². The summed E-state index contributed by atoms with van der Waals surface area (Å²) in [6.45, 7) is 2.10. The van der Waals surface area contributed by atoms with E-state index in [1.807, 2.05) is 0 Å². The van der Waals surface area contributed by atoms with E-state index in [1.54, 1.807) is 0 Å². The number of carboxylic acids is 1. The van der Waals surface area contributed by atoms with Crippen LogP contribution < -0.4 is 16.0 Å². The number of hydrogen-bond donors (Lipinski definition) is 6. The van der Waals surface area contributed by atoms with Gasteiger partial charge in [0.1, 0.15) is 5.70 Å². The summed E-state index contributed by atoms with van der Waals surface area (Å²) >= 11 is 5.16. The normalized spacial score (nSPS) is 21.4. The standard InChI is InChI=1S/C12H19N3O4S2/c1-6(16)9(12(19)20)7-4-8(10(15-7)11(17)18)21-3-2-14-5-13/h5-7,9,15-16H,2-4H2,1H3,(H2,13,14)(H,17,18)(H,19,20)/p+1/t6-,7+,9-/m1/s1. The van der Waals surface area contributed by atoms with E-state index in [-0.39, 0.29) is 5.70 Å². The molecule has 6 N–H and O–H groups in total. The third-order valence-electron chi connectivity index (χ3n) is 3.11. The summed E-state index contributed by atoms with van der Waals surface area (Å²) in [5.74, 6) is -1.19. The summed E-state index contributed by atoms with van der Waals surface area (Å²) in [7, 11) is 0. The summed E-state index contributed by atoms with van der Waals surface area (Å²) in [6.07, 6.45) is 0.798. The van der Waals surface area contributed by atoms with Gasteiger partial charge in [0.25, 0.3) is 0 Å². The van der Waals surface area contributed by atoms with Crippen LogP contribution >= 0.6 is 24.4 Å². The van der Waals surface area contributed by atoms with Gasteiger partial charge in [0.15, 0.2) is 5.12 Å². The molecule has 1 rings (SSSR count). The van der Waals surface area contributed by atoms with E-state index < -0.39 is 29.1 Å². The molecule has 0 radical (unpaired) electrons. The Labute approximate surface area is 132 Å². The number of thiol groups is 1. The molecule has 0 aromatic rings. The molecule has 21 heavy (non-hydrogen) atoms. The van der Waals surface area contributed by atoms with Crippen molar-refractivity contribution in [3.63, 3.8) is 0 Å². The van der Waals surface area contributed by atoms with E-state index in [0.29, 0.717) is 23.6 Å². The first-order valence-electron chi connectivity index (χ1n) is 6.42. The van der Waals surface area contributed by atoms with Crippen molar-refractivity contribution in [1.29, 1.82) is 0 Å². The van der Waals surface area contributed by atoms with E-state index in [1.165, 1.54) is 25.0 Å². The number of hydrogen-bond acceptors (Lipinski definition) is 5. The Bertz CT molecular complexity index is 465. The van der Waals surface area contributed by atoms with Crippen LogP contribution in [-0.2, 0) is 9.59 Å². The lowest BCUT2D eigenvalue weighted by atomic mass is 9.95. The molecule has 0 aromatic heterocycles. The van der Waals surface area contributed by atoms with E-state index >= 15 is 0 Å². The predicted molar refractivity (Wildman–Crippen MR) is 83.9 cm³/mol. The van der Waals surface area contributed by atoms with Crippen molar-refractivity contribution in [1.82, 2.24) is 5.32 Å². The summed E-state index contributed by atoms with van der Waals surface area (Å²) in [4.78, 5) is 26.3. The molecule has 9 heteroatoms. The van der Waals surface area contributed by atoms with Crippen molar-refractivity contribution in [2.75, 3.05) is 12.3 Å². The molecule has 0 saturated carbocycles. The van der Waals surface area contributed by atoms with Gasteiger partial charge in [-0.15, -0.1) is 24.4 Å². The number of carbonyl (C=O) groups is 2. The first kappa shape index (κ1) is 17.9. The lowest BCUT2D eigenvalue weighted by molar-refractivity contribution is -0.446. The molecule has 0 bridgehead atoms. The van der Waals surface area contributed by atoms with E-state index in [2.05, 4.69) is 22.9 Å². The third-order valence-corrected chi connectivity index (χ3v) is 4.53. The number of aliphatic hydroxyl groups excluding tert-OH is 1. The highest BCUT2D eigenvalue weighted by atomic mass is 32.2. The molecule has 0 saturated heterocycles. The molecular formula is C12H20N3O4S2+. The molecule has 118 valence electrons. The predicted octanol–water partition coefficient (Wildman–Crippen LogP) is -2.10. The summed E-state index contributed by atoms with van der Waals surface area (Å²) in [5, 5.41) is 21.3. The molecule has 1 aliphatic heterocycles. The Morgan fingerprint density at radius 1 is 1.67 bits per heavy atom. The second-order valence-corrected chi connectivity index (χ2v) is 6.26. The van der Waals surface area contributed by atoms with Crippen LogP contribution in [0, 0.1) is 5.92 Å². The maximum Gasteiger partial charge on any atom is 0.352 e. The van der Waals surface area contributed by atoms with Crippen molar-refractivity contribution in [2.45, 2.75) is 25.5 Å². The molecule has 1 heterocycles. The number of thioether (sulfide) groups is 1. The maximum absolute atomic E-state index is 11.5. The largest absolute Gasteiger partial charge is 0.477 e. The van der Waals surface area contributed by atoms with E-state index in [0.717, 1.165) is 0 Å². The highest BCUT2D eigenvalue weighted by Crippen LogP contribution is 2.33. The van der Waals surface area contributed by atoms with Gasteiger partial charge in [-0.25, -0.2) is 4.79 Å². The van der Waals surface area contributed by atoms with Gasteiger partial charge < -0.3 is 15.5 Å². The van der Waals surface area contributed by atoms with Gasteiger partial charge in [-0.3, -0.25) is 15.5 Å². The minimum absolute atomic E-state index is 0.0851. The Morgan fingerprint density at radius 2 is 2.33 bits per heavy atom. The number of rotatable bonds is 8. The fourth-order valence-corrected chi connectivity index (χ4v) is 3.63. The molecule has 0 unspecified atom stereocenters. The van der Waals surface area contributed by atoms with Crippen LogP contribution in [0.25, 0.3) is 0 Å². The number of carboxylic acid groups (broad SMARTS) is 1. The molecule has 3 atom stereocenters. The molecule has 7 nitrogen and oxygen atoms in total. The monoisotopic (exact) mass is 334 g/mol. The van der Waals surface area contributed by atoms with Gasteiger partial charge in [-0.05, 0) is 6.92 Å². The van der Waals surface area contributed by atoms with Crippen molar-refractivity contribution in [3.8, 4) is 0 Å². The molecule has 1 aliphatic rings. The van der Waals surface area contributed by atoms with Crippen LogP contribution in [0.2, 0.25) is 0 Å². The van der Waals surface area contributed by atoms with Crippen LogP contribution in [-0.4, -0.2) is 52.1 Å². The minimum Gasteiger partial charge on any atom is -0.477 e. The lowest BCUT2D eigenvalue weighted by Gasteiger charge is -2.24. The number of carbonyl (C=O) groups excluding carboxylic acids is 1. The zero-order valence-electron chi connectivity index (χ0n) is 11.6. The first-order valence-corrected chi connectivity index (χ1v) is 7.85. The Morgan fingerprint density at radius 3 is 2.81 bits per heavy atom.